The second-order valence-electron chi connectivity index (χ2n) is 6.38. The van der Waals surface area contributed by atoms with Crippen molar-refractivity contribution >= 4 is 5.97 Å². The summed E-state index contributed by atoms with van der Waals surface area (Å²) in [5.41, 5.74) is 3.36. The molecule has 0 atom stereocenters. The van der Waals surface area contributed by atoms with Crippen LogP contribution in [0.2, 0.25) is 0 Å². The zero-order valence-electron chi connectivity index (χ0n) is 15.1. The largest absolute Gasteiger partial charge is 0.459 e. The molecule has 0 amide bonds. The van der Waals surface area contributed by atoms with E-state index in [1.165, 1.54) is 19.1 Å². The van der Waals surface area contributed by atoms with E-state index in [1.54, 1.807) is 12.1 Å². The van der Waals surface area contributed by atoms with Gasteiger partial charge in [0.1, 0.15) is 18.2 Å². The fourth-order valence-corrected chi connectivity index (χ4v) is 2.89. The van der Waals surface area contributed by atoms with Crippen molar-refractivity contribution in [1.29, 1.82) is 0 Å². The molecular weight excluding hydrogens is 331 g/mol. The number of nitrogens with zero attached hydrogens (tertiary/aromatic N) is 2. The van der Waals surface area contributed by atoms with Crippen molar-refractivity contribution in [2.75, 3.05) is 0 Å². The van der Waals surface area contributed by atoms with Crippen LogP contribution >= 0.6 is 0 Å². The van der Waals surface area contributed by atoms with Crippen molar-refractivity contribution in [3.8, 4) is 17.1 Å². The van der Waals surface area contributed by atoms with Gasteiger partial charge >= 0.3 is 5.97 Å². The number of hydrogen-bond donors (Lipinski definition) is 0. The zero-order chi connectivity index (χ0) is 18.7. The molecule has 3 rings (SSSR count). The summed E-state index contributed by atoms with van der Waals surface area (Å²) in [6.07, 6.45) is 0. The number of aromatic nitrogens is 2. The van der Waals surface area contributed by atoms with Crippen molar-refractivity contribution in [3.63, 3.8) is 0 Å². The predicted octanol–water partition coefficient (Wildman–Crippen LogP) is 4.86. The molecule has 1 aromatic heterocycles. The lowest BCUT2D eigenvalue weighted by atomic mass is 10.1. The number of esters is 1. The van der Waals surface area contributed by atoms with E-state index in [4.69, 9.17) is 9.72 Å². The summed E-state index contributed by atoms with van der Waals surface area (Å²) in [6.45, 7) is 5.58. The topological polar surface area (TPSA) is 44.1 Å². The number of carbonyl (C=O) groups is 1. The van der Waals surface area contributed by atoms with Crippen molar-refractivity contribution in [3.05, 3.63) is 71.8 Å². The highest BCUT2D eigenvalue weighted by Gasteiger charge is 2.22. The molecule has 0 bridgehead atoms. The Kier molecular flexibility index (Phi) is 5.16. The van der Waals surface area contributed by atoms with Gasteiger partial charge in [0.15, 0.2) is 0 Å². The summed E-state index contributed by atoms with van der Waals surface area (Å²) >= 11 is 0. The first-order valence-corrected chi connectivity index (χ1v) is 8.53. The Morgan fingerprint density at radius 3 is 2.35 bits per heavy atom. The zero-order valence-corrected chi connectivity index (χ0v) is 15.1. The standard InChI is InChI=1S/C21H21FN2O2/c1-14(2)20-19(13-26-15(3)25)24(18-11-9-17(22)10-12-18)21(23-20)16-7-5-4-6-8-16/h4-12,14H,13H2,1-3H3. The molecular formula is C21H21FN2O2. The van der Waals surface area contributed by atoms with E-state index >= 15 is 0 Å². The van der Waals surface area contributed by atoms with Crippen LogP contribution in [0, 0.1) is 5.82 Å². The molecule has 0 saturated carbocycles. The molecule has 0 aliphatic carbocycles. The Balaban J connectivity index is 2.24. The van der Waals surface area contributed by atoms with Crippen LogP contribution in [0.4, 0.5) is 4.39 Å². The first-order chi connectivity index (χ1) is 12.5. The van der Waals surface area contributed by atoms with Gasteiger partial charge in [0.25, 0.3) is 0 Å². The van der Waals surface area contributed by atoms with E-state index in [2.05, 4.69) is 0 Å². The Labute approximate surface area is 152 Å². The molecule has 0 fully saturated rings. The van der Waals surface area contributed by atoms with Crippen LogP contribution in [0.5, 0.6) is 0 Å². The summed E-state index contributed by atoms with van der Waals surface area (Å²) in [5, 5.41) is 0. The van der Waals surface area contributed by atoms with Gasteiger partial charge in [0, 0.05) is 18.2 Å². The van der Waals surface area contributed by atoms with E-state index in [-0.39, 0.29) is 24.3 Å². The maximum Gasteiger partial charge on any atom is 0.303 e. The third kappa shape index (κ3) is 3.67. The van der Waals surface area contributed by atoms with Gasteiger partial charge in [0.2, 0.25) is 0 Å². The number of rotatable bonds is 5. The van der Waals surface area contributed by atoms with Crippen LogP contribution in [0.3, 0.4) is 0 Å². The Bertz CT molecular complexity index is 900. The average molecular weight is 352 g/mol. The number of hydrogen-bond acceptors (Lipinski definition) is 3. The van der Waals surface area contributed by atoms with Gasteiger partial charge in [-0.25, -0.2) is 9.37 Å². The number of benzene rings is 2. The molecule has 2 aromatic carbocycles. The Morgan fingerprint density at radius 1 is 1.12 bits per heavy atom. The molecule has 0 N–H and O–H groups in total. The molecule has 3 aromatic rings. The maximum absolute atomic E-state index is 13.4. The SMILES string of the molecule is CC(=O)OCc1c(C(C)C)nc(-c2ccccc2)n1-c1ccc(F)cc1. The van der Waals surface area contributed by atoms with Gasteiger partial charge in [0.05, 0.1) is 11.4 Å². The minimum absolute atomic E-state index is 0.111. The van der Waals surface area contributed by atoms with E-state index in [0.717, 1.165) is 28.5 Å². The van der Waals surface area contributed by atoms with Crippen molar-refractivity contribution in [2.24, 2.45) is 0 Å². The smallest absolute Gasteiger partial charge is 0.303 e. The second kappa shape index (κ2) is 7.52. The van der Waals surface area contributed by atoms with Crippen LogP contribution in [0.25, 0.3) is 17.1 Å². The molecule has 0 aliphatic rings. The quantitative estimate of drug-likeness (QED) is 0.616. The molecule has 0 radical (unpaired) electrons. The van der Waals surface area contributed by atoms with Gasteiger partial charge in [-0.05, 0) is 30.2 Å². The van der Waals surface area contributed by atoms with Crippen LogP contribution in [-0.2, 0) is 16.1 Å². The molecule has 1 heterocycles. The highest BCUT2D eigenvalue weighted by atomic mass is 19.1. The highest BCUT2D eigenvalue weighted by molar-refractivity contribution is 5.66. The molecule has 134 valence electrons. The number of imidazole rings is 1. The first-order valence-electron chi connectivity index (χ1n) is 8.53. The maximum atomic E-state index is 13.4. The normalized spacial score (nSPS) is 11.0. The van der Waals surface area contributed by atoms with Gasteiger partial charge < -0.3 is 4.74 Å². The lowest BCUT2D eigenvalue weighted by Crippen LogP contribution is -2.08. The summed E-state index contributed by atoms with van der Waals surface area (Å²) < 4.78 is 20.6. The molecule has 0 spiro atoms. The first kappa shape index (κ1) is 17.9. The molecule has 5 heteroatoms. The fourth-order valence-electron chi connectivity index (χ4n) is 2.89. The number of ether oxygens (including phenoxy) is 1. The van der Waals surface area contributed by atoms with Crippen LogP contribution in [0.15, 0.2) is 54.6 Å². The lowest BCUT2D eigenvalue weighted by Gasteiger charge is -2.14. The molecule has 0 saturated heterocycles. The predicted molar refractivity (Wildman–Crippen MR) is 98.5 cm³/mol. The highest BCUT2D eigenvalue weighted by Crippen LogP contribution is 2.30. The third-order valence-corrected chi connectivity index (χ3v) is 4.08. The van der Waals surface area contributed by atoms with Crippen LogP contribution in [-0.4, -0.2) is 15.5 Å². The van der Waals surface area contributed by atoms with Gasteiger partial charge in [-0.2, -0.15) is 0 Å². The van der Waals surface area contributed by atoms with E-state index in [1.807, 2.05) is 48.7 Å². The summed E-state index contributed by atoms with van der Waals surface area (Å²) in [5.74, 6) is 0.223. The van der Waals surface area contributed by atoms with Crippen LogP contribution < -0.4 is 0 Å². The van der Waals surface area contributed by atoms with E-state index < -0.39 is 0 Å². The van der Waals surface area contributed by atoms with Crippen LogP contribution in [0.1, 0.15) is 38.1 Å². The molecule has 4 nitrogen and oxygen atoms in total. The van der Waals surface area contributed by atoms with Gasteiger partial charge in [-0.15, -0.1) is 0 Å². The van der Waals surface area contributed by atoms with Gasteiger partial charge in [-0.1, -0.05) is 44.2 Å². The summed E-state index contributed by atoms with van der Waals surface area (Å²) in [6, 6.07) is 16.0. The third-order valence-electron chi connectivity index (χ3n) is 4.08. The molecule has 0 unspecified atom stereocenters. The van der Waals surface area contributed by atoms with E-state index in [0.29, 0.717) is 0 Å². The second-order valence-corrected chi connectivity index (χ2v) is 6.38. The minimum atomic E-state index is -0.354. The molecule has 0 aliphatic heterocycles. The van der Waals surface area contributed by atoms with Crippen molar-refractivity contribution in [1.82, 2.24) is 9.55 Å². The monoisotopic (exact) mass is 352 g/mol. The molecule has 26 heavy (non-hydrogen) atoms. The van der Waals surface area contributed by atoms with E-state index in [9.17, 15) is 9.18 Å². The number of carbonyl (C=O) groups excluding carboxylic acids is 1. The Morgan fingerprint density at radius 2 is 1.77 bits per heavy atom. The van der Waals surface area contributed by atoms with Crippen molar-refractivity contribution in [2.45, 2.75) is 33.3 Å². The minimum Gasteiger partial charge on any atom is -0.459 e. The van der Waals surface area contributed by atoms with Crippen molar-refractivity contribution < 1.29 is 13.9 Å². The fraction of sp³-hybridized carbons (Fsp3) is 0.238. The summed E-state index contributed by atoms with van der Waals surface area (Å²) in [7, 11) is 0. The lowest BCUT2D eigenvalue weighted by molar-refractivity contribution is -0.142. The Hall–Kier alpha value is -2.95. The number of halogens is 1. The average Bonchev–Trinajstić information content (AvgIpc) is 3.01. The summed E-state index contributed by atoms with van der Waals surface area (Å²) in [4.78, 5) is 16.2. The van der Waals surface area contributed by atoms with Gasteiger partial charge in [-0.3, -0.25) is 9.36 Å².